The molecule has 2 amide bonds. The minimum atomic E-state index is -0.865. The lowest BCUT2D eigenvalue weighted by Gasteiger charge is -2.37. The minimum Gasteiger partial charge on any atom is -0.494 e. The van der Waals surface area contributed by atoms with E-state index in [2.05, 4.69) is 10.3 Å². The number of aryl methyl sites for hydroxylation is 1. The number of primary amides is 1. The standard InChI is InChI=1S/C32H40ClN7O4/c1-6-22-19-39-24(17-21-9-7-8-10-25(21)33)20-40(28(29(34)41)30(39)35-22)36-26-12-11-23(18-27(26)43-5)37-13-15-38(16-14-37)31(42)44-32(2,3)4/h7-12,18-20,28,36H,6,13-17H2,1-5H3,(H2,34,41). The van der Waals surface area contributed by atoms with Gasteiger partial charge in [0.05, 0.1) is 18.5 Å². The number of rotatable bonds is 8. The second-order valence-electron chi connectivity index (χ2n) is 11.9. The Morgan fingerprint density at radius 1 is 1.11 bits per heavy atom. The number of allylic oxidation sites excluding steroid dienone is 1. The fraction of sp³-hybridized carbons (Fsp3) is 0.406. The van der Waals surface area contributed by atoms with E-state index in [0.717, 1.165) is 22.6 Å². The van der Waals surface area contributed by atoms with Gasteiger partial charge in [-0.25, -0.2) is 9.78 Å². The Bertz CT molecular complexity index is 1560. The summed E-state index contributed by atoms with van der Waals surface area (Å²) in [7, 11) is 1.60. The van der Waals surface area contributed by atoms with E-state index < -0.39 is 17.6 Å². The first-order valence-electron chi connectivity index (χ1n) is 14.7. The third-order valence-electron chi connectivity index (χ3n) is 7.60. The van der Waals surface area contributed by atoms with Gasteiger partial charge >= 0.3 is 6.09 Å². The average molecular weight is 622 g/mol. The van der Waals surface area contributed by atoms with Gasteiger partial charge in [-0.1, -0.05) is 36.7 Å². The maximum atomic E-state index is 12.9. The highest BCUT2D eigenvalue weighted by molar-refractivity contribution is 6.31. The normalized spacial score (nSPS) is 16.7. The fourth-order valence-electron chi connectivity index (χ4n) is 5.37. The van der Waals surface area contributed by atoms with E-state index in [9.17, 15) is 9.59 Å². The second kappa shape index (κ2) is 12.7. The molecule has 12 heteroatoms. The van der Waals surface area contributed by atoms with Gasteiger partial charge < -0.3 is 29.6 Å². The first kappa shape index (κ1) is 31.1. The Labute approximate surface area is 263 Å². The molecule has 0 radical (unpaired) electrons. The van der Waals surface area contributed by atoms with Crippen molar-refractivity contribution in [1.82, 2.24) is 19.5 Å². The molecule has 0 saturated carbocycles. The number of carbonyl (C=O) groups excluding carboxylic acids is 2. The quantitative estimate of drug-likeness (QED) is 0.358. The van der Waals surface area contributed by atoms with Gasteiger partial charge in [-0.2, -0.15) is 0 Å². The van der Waals surface area contributed by atoms with Gasteiger partial charge in [-0.05, 0) is 51.0 Å². The molecule has 2 aliphatic heterocycles. The summed E-state index contributed by atoms with van der Waals surface area (Å²) in [5.41, 5.74) is 13.1. The molecule has 1 aromatic heterocycles. The number of nitrogens with zero attached hydrogens (tertiary/aromatic N) is 5. The van der Waals surface area contributed by atoms with Crippen LogP contribution >= 0.6 is 11.6 Å². The number of halogens is 1. The number of ether oxygens (including phenoxy) is 2. The zero-order chi connectivity index (χ0) is 31.6. The lowest BCUT2D eigenvalue weighted by Crippen LogP contribution is -2.50. The van der Waals surface area contributed by atoms with Gasteiger partial charge in [-0.15, -0.1) is 0 Å². The SMILES string of the molecule is CCc1cn2c(n1)C(C(N)=O)N(Nc1ccc(N3CCN(C(=O)OC(C)(C)C)CC3)cc1OC)C=C2Cc1ccccc1Cl. The maximum absolute atomic E-state index is 12.9. The van der Waals surface area contributed by atoms with Crippen molar-refractivity contribution < 1.29 is 19.1 Å². The van der Waals surface area contributed by atoms with Gasteiger partial charge in [0.2, 0.25) is 5.91 Å². The van der Waals surface area contributed by atoms with Crippen LogP contribution in [0.3, 0.4) is 0 Å². The fourth-order valence-corrected chi connectivity index (χ4v) is 5.57. The number of imidazole rings is 1. The molecule has 2 aliphatic rings. The molecule has 2 aromatic carbocycles. The monoisotopic (exact) mass is 621 g/mol. The van der Waals surface area contributed by atoms with Crippen molar-refractivity contribution in [2.45, 2.75) is 52.2 Å². The van der Waals surface area contributed by atoms with Crippen molar-refractivity contribution in [2.75, 3.05) is 43.6 Å². The van der Waals surface area contributed by atoms with Crippen molar-refractivity contribution in [2.24, 2.45) is 5.73 Å². The number of hydrogen-bond donors (Lipinski definition) is 2. The summed E-state index contributed by atoms with van der Waals surface area (Å²) < 4.78 is 13.2. The molecule has 0 aliphatic carbocycles. The molecule has 1 unspecified atom stereocenters. The van der Waals surface area contributed by atoms with E-state index in [-0.39, 0.29) is 6.09 Å². The van der Waals surface area contributed by atoms with E-state index in [1.54, 1.807) is 17.0 Å². The molecule has 0 bridgehead atoms. The van der Waals surface area contributed by atoms with Gasteiger partial charge in [0.1, 0.15) is 17.2 Å². The van der Waals surface area contributed by atoms with Gasteiger partial charge in [-0.3, -0.25) is 15.2 Å². The molecular weight excluding hydrogens is 582 g/mol. The number of benzene rings is 2. The largest absolute Gasteiger partial charge is 0.494 e. The van der Waals surface area contributed by atoms with E-state index in [0.29, 0.717) is 61.3 Å². The number of hydrazine groups is 1. The van der Waals surface area contributed by atoms with Crippen molar-refractivity contribution in [3.63, 3.8) is 0 Å². The predicted octanol–water partition coefficient (Wildman–Crippen LogP) is 5.07. The van der Waals surface area contributed by atoms with Gasteiger partial charge in [0, 0.05) is 67.5 Å². The van der Waals surface area contributed by atoms with Crippen LogP contribution in [0.5, 0.6) is 5.75 Å². The average Bonchev–Trinajstić information content (AvgIpc) is 3.42. The van der Waals surface area contributed by atoms with Crippen LogP contribution in [0.2, 0.25) is 5.02 Å². The van der Waals surface area contributed by atoms with Crippen LogP contribution in [0.15, 0.2) is 54.9 Å². The first-order valence-corrected chi connectivity index (χ1v) is 15.1. The van der Waals surface area contributed by atoms with Crippen LogP contribution < -0.4 is 20.8 Å². The second-order valence-corrected chi connectivity index (χ2v) is 12.3. The summed E-state index contributed by atoms with van der Waals surface area (Å²) in [6.07, 6.45) is 4.74. The Hall–Kier alpha value is -4.38. The Kier molecular flexibility index (Phi) is 8.96. The molecule has 1 atom stereocenters. The molecule has 11 nitrogen and oxygen atoms in total. The van der Waals surface area contributed by atoms with Crippen LogP contribution in [0.4, 0.5) is 16.2 Å². The number of fused-ring (bicyclic) bond motifs is 1. The predicted molar refractivity (Wildman–Crippen MR) is 171 cm³/mol. The minimum absolute atomic E-state index is 0.298. The van der Waals surface area contributed by atoms with E-state index >= 15 is 0 Å². The highest BCUT2D eigenvalue weighted by Crippen LogP contribution is 2.36. The molecule has 5 rings (SSSR count). The lowest BCUT2D eigenvalue weighted by molar-refractivity contribution is -0.122. The first-order chi connectivity index (χ1) is 21.0. The van der Waals surface area contributed by atoms with Crippen molar-refractivity contribution in [3.05, 3.63) is 77.0 Å². The summed E-state index contributed by atoms with van der Waals surface area (Å²) in [6, 6.07) is 12.7. The van der Waals surface area contributed by atoms with Crippen LogP contribution in [0, 0.1) is 0 Å². The third kappa shape index (κ3) is 6.72. The Morgan fingerprint density at radius 3 is 2.48 bits per heavy atom. The number of nitrogens with one attached hydrogen (secondary N) is 1. The van der Waals surface area contributed by atoms with Crippen molar-refractivity contribution in [3.8, 4) is 5.75 Å². The van der Waals surface area contributed by atoms with Crippen LogP contribution in [0.25, 0.3) is 5.70 Å². The molecule has 1 fully saturated rings. The molecular formula is C32H40ClN7O4. The maximum Gasteiger partial charge on any atom is 0.410 e. The van der Waals surface area contributed by atoms with Crippen LogP contribution in [-0.4, -0.2) is 70.4 Å². The summed E-state index contributed by atoms with van der Waals surface area (Å²) >= 11 is 6.51. The molecule has 3 heterocycles. The molecule has 234 valence electrons. The Balaban J connectivity index is 1.39. The highest BCUT2D eigenvalue weighted by Gasteiger charge is 2.35. The number of aromatic nitrogens is 2. The summed E-state index contributed by atoms with van der Waals surface area (Å²) in [6.45, 7) is 10.0. The molecule has 3 aromatic rings. The van der Waals surface area contributed by atoms with Crippen LogP contribution in [0.1, 0.15) is 50.8 Å². The third-order valence-corrected chi connectivity index (χ3v) is 7.96. The zero-order valence-electron chi connectivity index (χ0n) is 25.8. The number of piperazine rings is 1. The number of carbonyl (C=O) groups is 2. The summed E-state index contributed by atoms with van der Waals surface area (Å²) in [5, 5.41) is 2.35. The zero-order valence-corrected chi connectivity index (χ0v) is 26.6. The number of nitrogens with two attached hydrogens (primary N) is 1. The lowest BCUT2D eigenvalue weighted by atomic mass is 10.1. The number of amides is 2. The number of anilines is 2. The smallest absolute Gasteiger partial charge is 0.410 e. The molecule has 0 spiro atoms. The topological polar surface area (TPSA) is 118 Å². The summed E-state index contributed by atoms with van der Waals surface area (Å²) in [5.74, 6) is 0.577. The van der Waals surface area contributed by atoms with E-state index in [4.69, 9.17) is 31.8 Å². The van der Waals surface area contributed by atoms with Crippen LogP contribution in [-0.2, 0) is 22.4 Å². The molecule has 44 heavy (non-hydrogen) atoms. The van der Waals surface area contributed by atoms with Crippen molar-refractivity contribution >= 4 is 40.7 Å². The van der Waals surface area contributed by atoms with Crippen molar-refractivity contribution in [1.29, 1.82) is 0 Å². The molecule has 3 N–H and O–H groups in total. The summed E-state index contributed by atoms with van der Waals surface area (Å²) in [4.78, 5) is 34.1. The van der Waals surface area contributed by atoms with Gasteiger partial charge in [0.25, 0.3) is 0 Å². The molecule has 1 saturated heterocycles. The van der Waals surface area contributed by atoms with Gasteiger partial charge in [0.15, 0.2) is 6.04 Å². The Morgan fingerprint density at radius 2 is 1.84 bits per heavy atom. The highest BCUT2D eigenvalue weighted by atomic mass is 35.5. The van der Waals surface area contributed by atoms with E-state index in [1.165, 1.54) is 0 Å². The number of hydrogen-bond acceptors (Lipinski definition) is 8. The van der Waals surface area contributed by atoms with E-state index in [1.807, 2.05) is 87.1 Å². The number of methoxy groups -OCH3 is 1.